The molecule has 3 aromatic rings. The van der Waals surface area contributed by atoms with Gasteiger partial charge in [0.1, 0.15) is 5.75 Å². The summed E-state index contributed by atoms with van der Waals surface area (Å²) in [6.07, 6.45) is 1.47. The molecule has 3 rings (SSSR count). The monoisotopic (exact) mass is 456 g/mol. The van der Waals surface area contributed by atoms with Gasteiger partial charge in [-0.15, -0.1) is 0 Å². The third-order valence-corrected chi connectivity index (χ3v) is 6.21. The number of methoxy groups -OCH3 is 1. The van der Waals surface area contributed by atoms with Gasteiger partial charge < -0.3 is 10.1 Å². The van der Waals surface area contributed by atoms with E-state index in [-0.39, 0.29) is 11.3 Å². The predicted molar refractivity (Wildman–Crippen MR) is 125 cm³/mol. The van der Waals surface area contributed by atoms with Gasteiger partial charge in [-0.3, -0.25) is 9.10 Å². The number of hydrogen-bond acceptors (Lipinski definition) is 4. The Balaban J connectivity index is 1.83. The summed E-state index contributed by atoms with van der Waals surface area (Å²) in [7, 11) is -0.875. The highest BCUT2D eigenvalue weighted by molar-refractivity contribution is 7.95. The van der Waals surface area contributed by atoms with Crippen molar-refractivity contribution < 1.29 is 17.9 Å². The minimum absolute atomic E-state index is 0.226. The molecule has 0 aliphatic carbocycles. The molecular weight excluding hydrogens is 436 g/mol. The van der Waals surface area contributed by atoms with Crippen LogP contribution in [-0.4, -0.2) is 28.5 Å². The number of ether oxygens (including phenoxy) is 1. The maximum absolute atomic E-state index is 12.8. The van der Waals surface area contributed by atoms with Crippen LogP contribution in [0.15, 0.2) is 78.2 Å². The zero-order chi connectivity index (χ0) is 22.4. The highest BCUT2D eigenvalue weighted by Gasteiger charge is 2.21. The van der Waals surface area contributed by atoms with E-state index in [4.69, 9.17) is 16.3 Å². The average Bonchev–Trinajstić information content (AvgIpc) is 2.78. The molecule has 0 aromatic heterocycles. The second-order valence-corrected chi connectivity index (χ2v) is 8.85. The van der Waals surface area contributed by atoms with Gasteiger partial charge in [-0.1, -0.05) is 35.9 Å². The van der Waals surface area contributed by atoms with Crippen LogP contribution < -0.4 is 14.4 Å². The molecule has 3 aromatic carbocycles. The normalized spacial score (nSPS) is 11.3. The molecule has 0 heterocycles. The fourth-order valence-corrected chi connectivity index (χ4v) is 3.85. The molecule has 0 aliphatic heterocycles. The first-order valence-electron chi connectivity index (χ1n) is 9.27. The predicted octanol–water partition coefficient (Wildman–Crippen LogP) is 5.04. The summed E-state index contributed by atoms with van der Waals surface area (Å²) in [6, 6.07) is 20.1. The molecule has 1 N–H and O–H groups in total. The van der Waals surface area contributed by atoms with Crippen LogP contribution in [-0.2, 0) is 10.0 Å². The lowest BCUT2D eigenvalue weighted by atomic mass is 10.1. The minimum Gasteiger partial charge on any atom is -0.497 e. The number of para-hydroxylation sites is 1. The van der Waals surface area contributed by atoms with Crippen LogP contribution in [0.2, 0.25) is 5.02 Å². The van der Waals surface area contributed by atoms with E-state index >= 15 is 0 Å². The largest absolute Gasteiger partial charge is 0.497 e. The van der Waals surface area contributed by atoms with Crippen molar-refractivity contribution in [2.24, 2.45) is 0 Å². The number of hydrogen-bond donors (Lipinski definition) is 1. The maximum Gasteiger partial charge on any atom is 0.257 e. The Morgan fingerprint density at radius 1 is 1.00 bits per heavy atom. The fourth-order valence-electron chi connectivity index (χ4n) is 2.78. The smallest absolute Gasteiger partial charge is 0.257 e. The first kappa shape index (κ1) is 22.4. The highest BCUT2D eigenvalue weighted by atomic mass is 35.5. The van der Waals surface area contributed by atoms with E-state index in [0.29, 0.717) is 22.0 Å². The van der Waals surface area contributed by atoms with Crippen molar-refractivity contribution in [3.63, 3.8) is 0 Å². The molecule has 8 heteroatoms. The minimum atomic E-state index is -3.84. The quantitative estimate of drug-likeness (QED) is 0.540. The molecule has 0 fully saturated rings. The molecule has 0 radical (unpaired) electrons. The number of nitrogens with one attached hydrogen (secondary N) is 1. The van der Waals surface area contributed by atoms with Crippen LogP contribution in [0.5, 0.6) is 5.75 Å². The van der Waals surface area contributed by atoms with Crippen LogP contribution in [0, 0.1) is 0 Å². The third kappa shape index (κ3) is 5.65. The van der Waals surface area contributed by atoms with Gasteiger partial charge >= 0.3 is 0 Å². The Kier molecular flexibility index (Phi) is 6.99. The second-order valence-electron chi connectivity index (χ2n) is 6.57. The number of sulfonamides is 1. The van der Waals surface area contributed by atoms with Crippen molar-refractivity contribution in [1.82, 2.24) is 0 Å². The van der Waals surface area contributed by atoms with Gasteiger partial charge in [0.25, 0.3) is 15.9 Å². The first-order valence-corrected chi connectivity index (χ1v) is 11.2. The standard InChI is InChI=1S/C23H21ClN2O4S/c1-26(31(28,29)16-15-17-7-9-18(24)10-8-17)22-6-4-3-5-21(22)23(27)25-19-11-13-20(30-2)14-12-19/h3-16H,1-2H3,(H,25,27)/b16-15+. The molecule has 0 saturated heterocycles. The van der Waals surface area contributed by atoms with E-state index in [2.05, 4.69) is 5.32 Å². The lowest BCUT2D eigenvalue weighted by Gasteiger charge is -2.20. The highest BCUT2D eigenvalue weighted by Crippen LogP contribution is 2.25. The summed E-state index contributed by atoms with van der Waals surface area (Å²) < 4.78 is 31.9. The Labute approximate surface area is 186 Å². The zero-order valence-corrected chi connectivity index (χ0v) is 18.5. The molecule has 160 valence electrons. The SMILES string of the molecule is COc1ccc(NC(=O)c2ccccc2N(C)S(=O)(=O)/C=C/c2ccc(Cl)cc2)cc1. The van der Waals surface area contributed by atoms with Crippen molar-refractivity contribution in [3.8, 4) is 5.75 Å². The molecule has 0 unspecified atom stereocenters. The van der Waals surface area contributed by atoms with Gasteiger partial charge in [-0.2, -0.15) is 0 Å². The van der Waals surface area contributed by atoms with E-state index in [1.165, 1.54) is 13.1 Å². The average molecular weight is 457 g/mol. The van der Waals surface area contributed by atoms with Gasteiger partial charge in [0.05, 0.1) is 23.8 Å². The van der Waals surface area contributed by atoms with E-state index in [9.17, 15) is 13.2 Å². The summed E-state index contributed by atoms with van der Waals surface area (Å²) in [5.74, 6) is 0.237. The summed E-state index contributed by atoms with van der Waals surface area (Å²) in [4.78, 5) is 12.8. The number of carbonyl (C=O) groups is 1. The Morgan fingerprint density at radius 2 is 1.65 bits per heavy atom. The van der Waals surface area contributed by atoms with Crippen molar-refractivity contribution >= 4 is 45.0 Å². The van der Waals surface area contributed by atoms with Gasteiger partial charge in [-0.25, -0.2) is 8.42 Å². The Morgan fingerprint density at radius 3 is 2.29 bits per heavy atom. The molecular formula is C23H21ClN2O4S. The molecule has 0 atom stereocenters. The van der Waals surface area contributed by atoms with Gasteiger partial charge in [0, 0.05) is 17.8 Å². The molecule has 0 saturated carbocycles. The Bertz CT molecular complexity index is 1190. The van der Waals surface area contributed by atoms with Gasteiger partial charge in [-0.05, 0) is 60.2 Å². The number of benzene rings is 3. The van der Waals surface area contributed by atoms with E-state index in [1.807, 2.05) is 0 Å². The van der Waals surface area contributed by atoms with Gasteiger partial charge in [0.2, 0.25) is 0 Å². The lowest BCUT2D eigenvalue weighted by Crippen LogP contribution is -2.27. The summed E-state index contributed by atoms with van der Waals surface area (Å²) in [5, 5.41) is 4.43. The van der Waals surface area contributed by atoms with Crippen molar-refractivity contribution in [1.29, 1.82) is 0 Å². The summed E-state index contributed by atoms with van der Waals surface area (Å²) in [5.41, 5.74) is 1.74. The summed E-state index contributed by atoms with van der Waals surface area (Å²) >= 11 is 5.86. The van der Waals surface area contributed by atoms with Crippen LogP contribution in [0.1, 0.15) is 15.9 Å². The number of nitrogens with zero attached hydrogens (tertiary/aromatic N) is 1. The van der Waals surface area contributed by atoms with Crippen molar-refractivity contribution in [2.75, 3.05) is 23.8 Å². The van der Waals surface area contributed by atoms with E-state index in [1.54, 1.807) is 79.9 Å². The van der Waals surface area contributed by atoms with Crippen molar-refractivity contribution in [2.45, 2.75) is 0 Å². The van der Waals surface area contributed by atoms with E-state index < -0.39 is 15.9 Å². The number of halogens is 1. The molecule has 31 heavy (non-hydrogen) atoms. The van der Waals surface area contributed by atoms with Crippen molar-refractivity contribution in [3.05, 3.63) is 94.4 Å². The topological polar surface area (TPSA) is 75.7 Å². The second kappa shape index (κ2) is 9.68. The van der Waals surface area contributed by atoms with E-state index in [0.717, 1.165) is 9.71 Å². The number of carbonyl (C=O) groups excluding carboxylic acids is 1. The van der Waals surface area contributed by atoms with Crippen LogP contribution >= 0.6 is 11.6 Å². The Hall–Kier alpha value is -3.29. The first-order chi connectivity index (χ1) is 14.8. The lowest BCUT2D eigenvalue weighted by molar-refractivity contribution is 0.102. The molecule has 1 amide bonds. The maximum atomic E-state index is 12.8. The third-order valence-electron chi connectivity index (χ3n) is 4.52. The van der Waals surface area contributed by atoms with Crippen LogP contribution in [0.25, 0.3) is 6.08 Å². The number of amides is 1. The summed E-state index contributed by atoms with van der Waals surface area (Å²) in [6.45, 7) is 0. The van der Waals surface area contributed by atoms with Gasteiger partial charge in [0.15, 0.2) is 0 Å². The fraction of sp³-hybridized carbons (Fsp3) is 0.0870. The molecule has 0 spiro atoms. The van der Waals surface area contributed by atoms with Crippen LogP contribution in [0.3, 0.4) is 0 Å². The zero-order valence-electron chi connectivity index (χ0n) is 16.9. The molecule has 6 nitrogen and oxygen atoms in total. The molecule has 0 bridgehead atoms. The number of anilines is 2. The number of rotatable bonds is 7. The van der Waals surface area contributed by atoms with Crippen LogP contribution in [0.4, 0.5) is 11.4 Å². The molecule has 0 aliphatic rings.